The van der Waals surface area contributed by atoms with E-state index in [1.807, 2.05) is 0 Å². The topological polar surface area (TPSA) is 78.9 Å². The van der Waals surface area contributed by atoms with E-state index in [1.54, 1.807) is 0 Å². The Morgan fingerprint density at radius 3 is 0.735 bits per heavy atom. The standard InChI is InChI=1S/C77H138O6/c1-4-7-10-13-16-19-22-25-27-29-31-33-34-35-36-37-38-39-40-41-42-43-44-45-47-48-50-52-55-58-61-64-67-70-76(79)82-73-74(72-81-75(78)69-66-63-60-57-54-24-21-18-15-12-9-6-3)83-77(80)71-68-65-62-59-56-53-51-49-46-32-30-28-26-23-20-17-14-11-8-5-2/h7,10,16,19,25,27,31,33,35-36,38-39,74H,4-6,8-9,11-15,17-18,20-24,26,28-30,32,34,37,40-73H2,1-3H3/b10-7-,19-16-,27-25-,33-31-,36-35-,39-38-. The Balaban J connectivity index is 4.16. The first kappa shape index (κ1) is 79.8. The van der Waals surface area contributed by atoms with Crippen LogP contribution in [-0.2, 0) is 28.6 Å². The van der Waals surface area contributed by atoms with Gasteiger partial charge in [0.05, 0.1) is 0 Å². The van der Waals surface area contributed by atoms with E-state index in [-0.39, 0.29) is 31.1 Å². The van der Waals surface area contributed by atoms with Gasteiger partial charge in [-0.2, -0.15) is 0 Å². The van der Waals surface area contributed by atoms with Crippen molar-refractivity contribution in [2.45, 2.75) is 386 Å². The molecule has 0 aliphatic rings. The average molecular weight is 1160 g/mol. The second kappa shape index (κ2) is 71.3. The fourth-order valence-corrected chi connectivity index (χ4v) is 10.8. The van der Waals surface area contributed by atoms with E-state index in [0.717, 1.165) is 96.3 Å². The summed E-state index contributed by atoms with van der Waals surface area (Å²) in [4.78, 5) is 38.4. The van der Waals surface area contributed by atoms with Crippen molar-refractivity contribution in [2.75, 3.05) is 13.2 Å². The fourth-order valence-electron chi connectivity index (χ4n) is 10.8. The van der Waals surface area contributed by atoms with Crippen LogP contribution in [0.5, 0.6) is 0 Å². The zero-order valence-corrected chi connectivity index (χ0v) is 55.5. The molecule has 0 saturated carbocycles. The number of hydrogen-bond acceptors (Lipinski definition) is 6. The zero-order chi connectivity index (χ0) is 59.9. The molecule has 1 atom stereocenters. The molecule has 0 saturated heterocycles. The molecule has 0 aliphatic heterocycles. The minimum Gasteiger partial charge on any atom is -0.462 e. The monoisotopic (exact) mass is 1160 g/mol. The van der Waals surface area contributed by atoms with Crippen molar-refractivity contribution in [1.82, 2.24) is 0 Å². The lowest BCUT2D eigenvalue weighted by atomic mass is 10.0. The molecule has 0 aromatic rings. The first-order chi connectivity index (χ1) is 41.0. The Hall–Kier alpha value is -3.15. The van der Waals surface area contributed by atoms with Crippen LogP contribution in [0.4, 0.5) is 0 Å². The third-order valence-electron chi connectivity index (χ3n) is 16.2. The molecule has 0 fully saturated rings. The minimum absolute atomic E-state index is 0.0678. The molecule has 0 bridgehead atoms. The molecular weight excluding hydrogens is 1020 g/mol. The van der Waals surface area contributed by atoms with Gasteiger partial charge < -0.3 is 14.2 Å². The summed E-state index contributed by atoms with van der Waals surface area (Å²) in [6.45, 7) is 6.59. The van der Waals surface area contributed by atoms with Gasteiger partial charge in [-0.3, -0.25) is 14.4 Å². The molecule has 0 aromatic carbocycles. The maximum atomic E-state index is 12.9. The lowest BCUT2D eigenvalue weighted by molar-refractivity contribution is -0.167. The van der Waals surface area contributed by atoms with Crippen molar-refractivity contribution in [1.29, 1.82) is 0 Å². The maximum absolute atomic E-state index is 12.9. The molecule has 83 heavy (non-hydrogen) atoms. The lowest BCUT2D eigenvalue weighted by Crippen LogP contribution is -2.30. The summed E-state index contributed by atoms with van der Waals surface area (Å²) in [5.74, 6) is -0.842. The van der Waals surface area contributed by atoms with Gasteiger partial charge in [0.15, 0.2) is 6.10 Å². The van der Waals surface area contributed by atoms with Crippen molar-refractivity contribution >= 4 is 17.9 Å². The highest BCUT2D eigenvalue weighted by molar-refractivity contribution is 5.71. The average Bonchev–Trinajstić information content (AvgIpc) is 3.49. The van der Waals surface area contributed by atoms with Crippen LogP contribution in [0.2, 0.25) is 0 Å². The zero-order valence-electron chi connectivity index (χ0n) is 55.5. The molecule has 0 rings (SSSR count). The summed E-state index contributed by atoms with van der Waals surface area (Å²) < 4.78 is 17.0. The highest BCUT2D eigenvalue weighted by Crippen LogP contribution is 2.18. The third-order valence-corrected chi connectivity index (χ3v) is 16.2. The van der Waals surface area contributed by atoms with Crippen LogP contribution in [0.1, 0.15) is 380 Å². The highest BCUT2D eigenvalue weighted by Gasteiger charge is 2.19. The van der Waals surface area contributed by atoms with E-state index in [4.69, 9.17) is 14.2 Å². The summed E-state index contributed by atoms with van der Waals surface area (Å²) in [5.41, 5.74) is 0. The molecule has 6 nitrogen and oxygen atoms in total. The van der Waals surface area contributed by atoms with E-state index < -0.39 is 6.10 Å². The molecule has 0 radical (unpaired) electrons. The van der Waals surface area contributed by atoms with Gasteiger partial charge in [-0.15, -0.1) is 0 Å². The van der Waals surface area contributed by atoms with Crippen LogP contribution < -0.4 is 0 Å². The Bertz CT molecular complexity index is 1520. The van der Waals surface area contributed by atoms with Crippen molar-refractivity contribution < 1.29 is 28.6 Å². The molecule has 0 aliphatic carbocycles. The first-order valence-corrected chi connectivity index (χ1v) is 36.4. The fraction of sp³-hybridized carbons (Fsp3) is 0.805. The first-order valence-electron chi connectivity index (χ1n) is 36.4. The van der Waals surface area contributed by atoms with Gasteiger partial charge in [0.25, 0.3) is 0 Å². The predicted molar refractivity (Wildman–Crippen MR) is 362 cm³/mol. The molecule has 1 unspecified atom stereocenters. The van der Waals surface area contributed by atoms with Crippen molar-refractivity contribution in [3.8, 4) is 0 Å². The van der Waals surface area contributed by atoms with E-state index in [9.17, 15) is 14.4 Å². The van der Waals surface area contributed by atoms with Crippen LogP contribution in [-0.4, -0.2) is 37.2 Å². The molecule has 0 N–H and O–H groups in total. The second-order valence-electron chi connectivity index (χ2n) is 24.5. The van der Waals surface area contributed by atoms with Crippen LogP contribution in [0.15, 0.2) is 72.9 Å². The van der Waals surface area contributed by atoms with E-state index in [2.05, 4.69) is 93.7 Å². The highest BCUT2D eigenvalue weighted by atomic mass is 16.6. The number of esters is 3. The summed E-state index contributed by atoms with van der Waals surface area (Å²) in [6, 6.07) is 0. The van der Waals surface area contributed by atoms with Crippen molar-refractivity contribution in [2.24, 2.45) is 0 Å². The number of hydrogen-bond donors (Lipinski definition) is 0. The van der Waals surface area contributed by atoms with Crippen molar-refractivity contribution in [3.63, 3.8) is 0 Å². The van der Waals surface area contributed by atoms with Crippen LogP contribution >= 0.6 is 0 Å². The molecule has 0 heterocycles. The number of carbonyl (C=O) groups is 3. The Morgan fingerprint density at radius 2 is 0.470 bits per heavy atom. The molecule has 0 spiro atoms. The van der Waals surface area contributed by atoms with Gasteiger partial charge in [-0.05, 0) is 70.6 Å². The van der Waals surface area contributed by atoms with E-state index >= 15 is 0 Å². The predicted octanol–water partition coefficient (Wildman–Crippen LogP) is 25.2. The SMILES string of the molecule is CC/C=C\C/C=C\C/C=C\C/C=C\C/C=C\C/C=C\CCCCCCCCCCCCCCCCC(=O)OCC(COC(=O)CCCCCCCCCCCCCC)OC(=O)CCCCCCCCCCCCCCCCCCCCCC. The molecule has 0 aromatic heterocycles. The third kappa shape index (κ3) is 69.5. The molecule has 482 valence electrons. The Kier molecular flexibility index (Phi) is 68.6. The van der Waals surface area contributed by atoms with Gasteiger partial charge in [0.1, 0.15) is 13.2 Å². The van der Waals surface area contributed by atoms with Gasteiger partial charge in [-0.1, -0.05) is 363 Å². The maximum Gasteiger partial charge on any atom is 0.306 e. The number of rotatable bonds is 67. The number of allylic oxidation sites excluding steroid dienone is 12. The number of carbonyl (C=O) groups excluding carboxylic acids is 3. The second-order valence-corrected chi connectivity index (χ2v) is 24.5. The van der Waals surface area contributed by atoms with Crippen molar-refractivity contribution in [3.05, 3.63) is 72.9 Å². The summed E-state index contributed by atoms with van der Waals surface area (Å²) in [7, 11) is 0. The van der Waals surface area contributed by atoms with Gasteiger partial charge in [0, 0.05) is 19.3 Å². The molecule has 0 amide bonds. The number of unbranched alkanes of at least 4 members (excludes halogenated alkanes) is 44. The normalized spacial score (nSPS) is 12.5. The van der Waals surface area contributed by atoms with Crippen LogP contribution in [0.3, 0.4) is 0 Å². The summed E-state index contributed by atoms with van der Waals surface area (Å²) >= 11 is 0. The van der Waals surface area contributed by atoms with E-state index in [0.29, 0.717) is 19.3 Å². The van der Waals surface area contributed by atoms with Gasteiger partial charge in [0.2, 0.25) is 0 Å². The Morgan fingerprint density at radius 1 is 0.253 bits per heavy atom. The van der Waals surface area contributed by atoms with Crippen LogP contribution in [0, 0.1) is 0 Å². The molecule has 6 heteroatoms. The summed E-state index contributed by atoms with van der Waals surface area (Å²) in [6.07, 6.45) is 93.7. The number of ether oxygens (including phenoxy) is 3. The van der Waals surface area contributed by atoms with Crippen LogP contribution in [0.25, 0.3) is 0 Å². The lowest BCUT2D eigenvalue weighted by Gasteiger charge is -2.18. The van der Waals surface area contributed by atoms with E-state index in [1.165, 1.54) is 244 Å². The molecular formula is C77H138O6. The quantitative estimate of drug-likeness (QED) is 0.0261. The smallest absolute Gasteiger partial charge is 0.306 e. The Labute approximate surface area is 516 Å². The van der Waals surface area contributed by atoms with Gasteiger partial charge >= 0.3 is 17.9 Å². The largest absolute Gasteiger partial charge is 0.462 e. The summed E-state index contributed by atoms with van der Waals surface area (Å²) in [5, 5.41) is 0. The minimum atomic E-state index is -0.771. The van der Waals surface area contributed by atoms with Gasteiger partial charge in [-0.25, -0.2) is 0 Å².